The third kappa shape index (κ3) is 4.15. The van der Waals surface area contributed by atoms with Crippen molar-refractivity contribution < 1.29 is 14.5 Å². The zero-order valence-corrected chi connectivity index (χ0v) is 16.4. The fourth-order valence-electron chi connectivity index (χ4n) is 3.60. The van der Waals surface area contributed by atoms with E-state index in [0.29, 0.717) is 22.6 Å². The van der Waals surface area contributed by atoms with Crippen LogP contribution >= 0.6 is 0 Å². The van der Waals surface area contributed by atoms with Crippen molar-refractivity contribution in [2.24, 2.45) is 0 Å². The van der Waals surface area contributed by atoms with Gasteiger partial charge in [-0.2, -0.15) is 0 Å². The third-order valence-corrected chi connectivity index (χ3v) is 5.12. The molecule has 0 radical (unpaired) electrons. The molecule has 2 heterocycles. The molecule has 0 spiro atoms. The molecular weight excluding hydrogens is 382 g/mol. The Morgan fingerprint density at radius 2 is 1.60 bits per heavy atom. The van der Waals surface area contributed by atoms with Gasteiger partial charge < -0.3 is 9.64 Å². The molecule has 0 N–H and O–H groups in total. The number of nitrogens with zero attached hydrogens (tertiary/aromatic N) is 3. The zero-order valence-electron chi connectivity index (χ0n) is 16.4. The van der Waals surface area contributed by atoms with Crippen LogP contribution in [0.4, 0.5) is 11.4 Å². The smallest absolute Gasteiger partial charge is 0.354 e. The van der Waals surface area contributed by atoms with E-state index in [1.54, 1.807) is 42.5 Å². The predicted octanol–water partition coefficient (Wildman–Crippen LogP) is 5.00. The number of carbonyl (C=O) groups is 1. The summed E-state index contributed by atoms with van der Waals surface area (Å²) in [5.41, 5.74) is 1.50. The second-order valence-electron chi connectivity index (χ2n) is 7.11. The van der Waals surface area contributed by atoms with E-state index in [9.17, 15) is 14.9 Å². The van der Waals surface area contributed by atoms with Crippen LogP contribution in [0.2, 0.25) is 0 Å². The van der Waals surface area contributed by atoms with Crippen molar-refractivity contribution >= 4 is 17.2 Å². The van der Waals surface area contributed by atoms with E-state index in [1.165, 1.54) is 6.20 Å². The van der Waals surface area contributed by atoms with Gasteiger partial charge in [-0.25, -0.2) is 4.98 Å². The Labute approximate surface area is 174 Å². The van der Waals surface area contributed by atoms with Crippen molar-refractivity contribution in [1.29, 1.82) is 0 Å². The molecule has 0 aliphatic carbocycles. The van der Waals surface area contributed by atoms with E-state index >= 15 is 0 Å². The van der Waals surface area contributed by atoms with Gasteiger partial charge in [-0.1, -0.05) is 30.3 Å². The van der Waals surface area contributed by atoms with Gasteiger partial charge in [-0.05, 0) is 49.6 Å². The molecule has 1 fully saturated rings. The Hall–Kier alpha value is -3.74. The lowest BCUT2D eigenvalue weighted by Crippen LogP contribution is -2.30. The van der Waals surface area contributed by atoms with Crippen molar-refractivity contribution in [3.8, 4) is 11.6 Å². The highest BCUT2D eigenvalue weighted by atomic mass is 16.6. The minimum atomic E-state index is -0.445. The number of benzene rings is 2. The topological polar surface area (TPSA) is 85.6 Å². The fourth-order valence-corrected chi connectivity index (χ4v) is 3.60. The summed E-state index contributed by atoms with van der Waals surface area (Å²) in [5, 5.41) is 11.8. The van der Waals surface area contributed by atoms with Gasteiger partial charge in [0.25, 0.3) is 0 Å². The first-order chi connectivity index (χ1) is 14.6. The van der Waals surface area contributed by atoms with Crippen LogP contribution in [0.1, 0.15) is 35.2 Å². The van der Waals surface area contributed by atoms with Crippen molar-refractivity contribution in [3.63, 3.8) is 0 Å². The first-order valence-corrected chi connectivity index (χ1v) is 9.89. The largest absolute Gasteiger partial charge is 0.434 e. The van der Waals surface area contributed by atoms with Crippen LogP contribution in [0.25, 0.3) is 0 Å². The van der Waals surface area contributed by atoms with Gasteiger partial charge in [0.15, 0.2) is 5.78 Å². The van der Waals surface area contributed by atoms with Crippen LogP contribution in [-0.2, 0) is 0 Å². The Morgan fingerprint density at radius 3 is 2.27 bits per heavy atom. The van der Waals surface area contributed by atoms with Crippen molar-refractivity contribution in [1.82, 2.24) is 4.98 Å². The van der Waals surface area contributed by atoms with Crippen LogP contribution in [-0.4, -0.2) is 28.8 Å². The summed E-state index contributed by atoms with van der Waals surface area (Å²) in [5.74, 6) is 0.231. The average Bonchev–Trinajstić information content (AvgIpc) is 2.80. The number of nitro groups is 1. The highest BCUT2D eigenvalue weighted by Crippen LogP contribution is 2.38. The first-order valence-electron chi connectivity index (χ1n) is 9.89. The fraction of sp³-hybridized carbons (Fsp3) is 0.217. The number of ketones is 1. The molecule has 0 saturated carbocycles. The quantitative estimate of drug-likeness (QED) is 0.327. The number of hydrogen-bond acceptors (Lipinski definition) is 6. The normalized spacial score (nSPS) is 13.7. The van der Waals surface area contributed by atoms with Gasteiger partial charge in [0.1, 0.15) is 11.4 Å². The molecule has 1 aliphatic heterocycles. The molecule has 1 saturated heterocycles. The minimum absolute atomic E-state index is 0.0507. The van der Waals surface area contributed by atoms with Crippen molar-refractivity contribution in [3.05, 3.63) is 88.1 Å². The Bertz CT molecular complexity index is 1050. The Balaban J connectivity index is 1.58. The van der Waals surface area contributed by atoms with E-state index in [1.807, 2.05) is 23.1 Å². The molecular formula is C23H21N3O4. The highest BCUT2D eigenvalue weighted by Gasteiger charge is 2.27. The maximum absolute atomic E-state index is 12.5. The van der Waals surface area contributed by atoms with Crippen molar-refractivity contribution in [2.75, 3.05) is 18.0 Å². The lowest BCUT2D eigenvalue weighted by Gasteiger charge is -2.28. The number of ether oxygens (including phenoxy) is 1. The maximum atomic E-state index is 12.5. The summed E-state index contributed by atoms with van der Waals surface area (Å²) < 4.78 is 5.75. The molecule has 7 heteroatoms. The number of pyridine rings is 1. The monoisotopic (exact) mass is 403 g/mol. The predicted molar refractivity (Wildman–Crippen MR) is 113 cm³/mol. The Kier molecular flexibility index (Phi) is 5.70. The summed E-state index contributed by atoms with van der Waals surface area (Å²) in [6, 6.07) is 17.2. The lowest BCUT2D eigenvalue weighted by atomic mass is 10.0. The molecule has 0 bridgehead atoms. The van der Waals surface area contributed by atoms with E-state index in [4.69, 9.17) is 4.74 Å². The summed E-state index contributed by atoms with van der Waals surface area (Å²) in [6.45, 7) is 1.56. The van der Waals surface area contributed by atoms with E-state index < -0.39 is 4.92 Å². The molecule has 2 aromatic carbocycles. The lowest BCUT2D eigenvalue weighted by molar-refractivity contribution is -0.385. The highest BCUT2D eigenvalue weighted by molar-refractivity contribution is 6.08. The van der Waals surface area contributed by atoms with E-state index in [-0.39, 0.29) is 17.4 Å². The maximum Gasteiger partial charge on any atom is 0.354 e. The van der Waals surface area contributed by atoms with Crippen LogP contribution < -0.4 is 9.64 Å². The molecule has 7 nitrogen and oxygen atoms in total. The second-order valence-corrected chi connectivity index (χ2v) is 7.11. The SMILES string of the molecule is O=C(c1ccccc1)c1ccc(Oc2nccc(N3CCCCC3)c2[N+](=O)[O-])cc1. The van der Waals surface area contributed by atoms with Gasteiger partial charge in [-0.15, -0.1) is 0 Å². The van der Waals surface area contributed by atoms with Gasteiger partial charge in [0, 0.05) is 30.4 Å². The van der Waals surface area contributed by atoms with E-state index in [0.717, 1.165) is 32.4 Å². The van der Waals surface area contributed by atoms with Gasteiger partial charge in [0.05, 0.1) is 4.92 Å². The standard InChI is InChI=1S/C23H21N3O4/c27-22(17-7-3-1-4-8-17)18-9-11-19(12-10-18)30-23-21(26(28)29)20(13-14-24-23)25-15-5-2-6-16-25/h1,3-4,7-14H,2,5-6,15-16H2. The number of hydrogen-bond donors (Lipinski definition) is 0. The number of aromatic nitrogens is 1. The summed E-state index contributed by atoms with van der Waals surface area (Å²) >= 11 is 0. The molecule has 152 valence electrons. The Morgan fingerprint density at radius 1 is 0.933 bits per heavy atom. The van der Waals surface area contributed by atoms with Crippen molar-refractivity contribution in [2.45, 2.75) is 19.3 Å². The van der Waals surface area contributed by atoms with Crippen LogP contribution in [0.15, 0.2) is 66.9 Å². The molecule has 4 rings (SSSR count). The zero-order chi connectivity index (χ0) is 20.9. The molecule has 30 heavy (non-hydrogen) atoms. The van der Waals surface area contributed by atoms with Gasteiger partial charge >= 0.3 is 11.6 Å². The number of anilines is 1. The first kappa shape index (κ1) is 19.6. The molecule has 0 unspecified atom stereocenters. The average molecular weight is 403 g/mol. The van der Waals surface area contributed by atoms with Crippen LogP contribution in [0, 0.1) is 10.1 Å². The third-order valence-electron chi connectivity index (χ3n) is 5.12. The van der Waals surface area contributed by atoms with Gasteiger partial charge in [-0.3, -0.25) is 14.9 Å². The van der Waals surface area contributed by atoms with Crippen LogP contribution in [0.3, 0.4) is 0 Å². The number of piperidine rings is 1. The summed E-state index contributed by atoms with van der Waals surface area (Å²) in [6.07, 6.45) is 4.67. The van der Waals surface area contributed by atoms with Gasteiger partial charge in [0.2, 0.25) is 0 Å². The number of rotatable bonds is 6. The van der Waals surface area contributed by atoms with E-state index in [2.05, 4.69) is 4.98 Å². The minimum Gasteiger partial charge on any atom is -0.434 e. The summed E-state index contributed by atoms with van der Waals surface area (Å²) in [7, 11) is 0. The number of carbonyl (C=O) groups excluding carboxylic acids is 1. The molecule has 1 aromatic heterocycles. The molecule has 3 aromatic rings. The molecule has 1 aliphatic rings. The molecule has 0 amide bonds. The van der Waals surface area contributed by atoms with Crippen LogP contribution in [0.5, 0.6) is 11.6 Å². The summed E-state index contributed by atoms with van der Waals surface area (Å²) in [4.78, 5) is 30.0. The molecule has 0 atom stereocenters. The second kappa shape index (κ2) is 8.73.